The van der Waals surface area contributed by atoms with Gasteiger partial charge in [0.05, 0.1) is 0 Å². The smallest absolute Gasteiger partial charge is 0.252 e. The molecule has 0 aliphatic carbocycles. The van der Waals surface area contributed by atoms with Crippen molar-refractivity contribution in [3.63, 3.8) is 0 Å². The Balaban J connectivity index is 2.21. The van der Waals surface area contributed by atoms with E-state index < -0.39 is 10.0 Å². The van der Waals surface area contributed by atoms with Crippen molar-refractivity contribution in [2.24, 2.45) is 5.92 Å². The quantitative estimate of drug-likeness (QED) is 0.922. The van der Waals surface area contributed by atoms with Gasteiger partial charge in [0.15, 0.2) is 0 Å². The van der Waals surface area contributed by atoms with Crippen molar-refractivity contribution >= 4 is 21.4 Å². The van der Waals surface area contributed by atoms with Crippen LogP contribution in [-0.2, 0) is 10.0 Å². The molecule has 1 aliphatic rings. The molecule has 0 amide bonds. The van der Waals surface area contributed by atoms with Gasteiger partial charge in [0, 0.05) is 19.1 Å². The van der Waals surface area contributed by atoms with Gasteiger partial charge in [-0.1, -0.05) is 19.9 Å². The molecule has 0 aromatic carbocycles. The van der Waals surface area contributed by atoms with Gasteiger partial charge in [-0.3, -0.25) is 0 Å². The highest BCUT2D eigenvalue weighted by Crippen LogP contribution is 2.23. The Morgan fingerprint density at radius 1 is 1.50 bits per heavy atom. The predicted molar refractivity (Wildman–Crippen MR) is 74.3 cm³/mol. The lowest BCUT2D eigenvalue weighted by atomic mass is 10.1. The molecule has 1 aromatic rings. The van der Waals surface area contributed by atoms with Crippen LogP contribution in [0.2, 0.25) is 0 Å². The summed E-state index contributed by atoms with van der Waals surface area (Å²) in [5, 5.41) is 5.23. The van der Waals surface area contributed by atoms with Crippen molar-refractivity contribution in [2.75, 3.05) is 19.6 Å². The standard InChI is InChI=1S/C12H20N2O2S2/c1-10(2)11-9-14(7-4-6-13-11)18(15,16)12-5-3-8-17-12/h3,5,8,10-11,13H,4,6-7,9H2,1-2H3. The van der Waals surface area contributed by atoms with E-state index in [0.717, 1.165) is 13.0 Å². The summed E-state index contributed by atoms with van der Waals surface area (Å²) < 4.78 is 27.0. The molecule has 6 heteroatoms. The highest BCUT2D eigenvalue weighted by molar-refractivity contribution is 7.91. The minimum Gasteiger partial charge on any atom is -0.312 e. The molecule has 0 bridgehead atoms. The van der Waals surface area contributed by atoms with Gasteiger partial charge in [0.2, 0.25) is 0 Å². The lowest BCUT2D eigenvalue weighted by molar-refractivity contribution is 0.343. The molecular formula is C12H20N2O2S2. The highest BCUT2D eigenvalue weighted by Gasteiger charge is 2.30. The SMILES string of the molecule is CC(C)C1CN(S(=O)(=O)c2cccs2)CCCN1. The van der Waals surface area contributed by atoms with Crippen LogP contribution in [0, 0.1) is 5.92 Å². The van der Waals surface area contributed by atoms with Gasteiger partial charge in [-0.2, -0.15) is 4.31 Å². The molecule has 1 atom stereocenters. The topological polar surface area (TPSA) is 49.4 Å². The molecule has 18 heavy (non-hydrogen) atoms. The second-order valence-electron chi connectivity index (χ2n) is 4.95. The van der Waals surface area contributed by atoms with E-state index in [2.05, 4.69) is 19.2 Å². The van der Waals surface area contributed by atoms with Crippen molar-refractivity contribution in [3.05, 3.63) is 17.5 Å². The van der Waals surface area contributed by atoms with Gasteiger partial charge in [-0.25, -0.2) is 8.42 Å². The molecule has 1 fully saturated rings. The molecule has 1 N–H and O–H groups in total. The van der Waals surface area contributed by atoms with Crippen LogP contribution in [0.25, 0.3) is 0 Å². The molecule has 0 radical (unpaired) electrons. The van der Waals surface area contributed by atoms with Crippen LogP contribution in [0.1, 0.15) is 20.3 Å². The summed E-state index contributed by atoms with van der Waals surface area (Å²) >= 11 is 1.29. The Hall–Kier alpha value is -0.430. The van der Waals surface area contributed by atoms with E-state index in [1.54, 1.807) is 16.4 Å². The summed E-state index contributed by atoms with van der Waals surface area (Å²) in [5.74, 6) is 0.434. The second kappa shape index (κ2) is 5.69. The lowest BCUT2D eigenvalue weighted by Gasteiger charge is -2.25. The maximum atomic E-state index is 12.5. The fraction of sp³-hybridized carbons (Fsp3) is 0.667. The van der Waals surface area contributed by atoms with E-state index in [1.165, 1.54) is 11.3 Å². The van der Waals surface area contributed by atoms with Gasteiger partial charge in [-0.15, -0.1) is 11.3 Å². The van der Waals surface area contributed by atoms with Gasteiger partial charge in [0.1, 0.15) is 4.21 Å². The zero-order valence-electron chi connectivity index (χ0n) is 10.8. The Kier molecular flexibility index (Phi) is 4.42. The maximum Gasteiger partial charge on any atom is 0.252 e. The Morgan fingerprint density at radius 3 is 2.89 bits per heavy atom. The molecule has 1 aliphatic heterocycles. The zero-order chi connectivity index (χ0) is 13.2. The van der Waals surface area contributed by atoms with Gasteiger partial charge in [-0.05, 0) is 30.3 Å². The van der Waals surface area contributed by atoms with Crippen LogP contribution in [0.15, 0.2) is 21.7 Å². The lowest BCUT2D eigenvalue weighted by Crippen LogP contribution is -2.43. The predicted octanol–water partition coefficient (Wildman–Crippen LogP) is 1.76. The van der Waals surface area contributed by atoms with Crippen LogP contribution in [-0.4, -0.2) is 38.4 Å². The van der Waals surface area contributed by atoms with E-state index in [-0.39, 0.29) is 6.04 Å². The monoisotopic (exact) mass is 288 g/mol. The van der Waals surface area contributed by atoms with Crippen molar-refractivity contribution in [1.29, 1.82) is 0 Å². The largest absolute Gasteiger partial charge is 0.312 e. The first kappa shape index (κ1) is 14.0. The molecule has 2 heterocycles. The highest BCUT2D eigenvalue weighted by atomic mass is 32.2. The van der Waals surface area contributed by atoms with Crippen molar-refractivity contribution in [2.45, 2.75) is 30.5 Å². The van der Waals surface area contributed by atoms with Crippen molar-refractivity contribution < 1.29 is 8.42 Å². The fourth-order valence-corrected chi connectivity index (χ4v) is 4.77. The van der Waals surface area contributed by atoms with Gasteiger partial charge >= 0.3 is 0 Å². The van der Waals surface area contributed by atoms with Crippen LogP contribution in [0.3, 0.4) is 0 Å². The normalized spacial score (nSPS) is 23.2. The van der Waals surface area contributed by atoms with E-state index >= 15 is 0 Å². The minimum atomic E-state index is -3.30. The summed E-state index contributed by atoms with van der Waals surface area (Å²) in [6.07, 6.45) is 0.869. The number of thiophene rings is 1. The molecule has 102 valence electrons. The van der Waals surface area contributed by atoms with E-state index in [9.17, 15) is 8.42 Å². The zero-order valence-corrected chi connectivity index (χ0v) is 12.4. The van der Waals surface area contributed by atoms with Crippen molar-refractivity contribution in [1.82, 2.24) is 9.62 Å². The first-order chi connectivity index (χ1) is 8.51. The summed E-state index contributed by atoms with van der Waals surface area (Å²) in [4.78, 5) is 0. The molecule has 1 aromatic heterocycles. The number of hydrogen-bond acceptors (Lipinski definition) is 4. The van der Waals surface area contributed by atoms with E-state index in [0.29, 0.717) is 23.2 Å². The average Bonchev–Trinajstić information content (AvgIpc) is 2.73. The Labute approximate surface area is 113 Å². The third-order valence-corrected chi connectivity index (χ3v) is 6.52. The Morgan fingerprint density at radius 2 is 2.28 bits per heavy atom. The molecular weight excluding hydrogens is 268 g/mol. The molecule has 0 spiro atoms. The fourth-order valence-electron chi connectivity index (χ4n) is 2.12. The number of rotatable bonds is 3. The van der Waals surface area contributed by atoms with Gasteiger partial charge in [0.25, 0.3) is 10.0 Å². The second-order valence-corrected chi connectivity index (χ2v) is 8.07. The van der Waals surface area contributed by atoms with E-state index in [4.69, 9.17) is 0 Å². The number of nitrogens with zero attached hydrogens (tertiary/aromatic N) is 1. The van der Waals surface area contributed by atoms with E-state index in [1.807, 2.05) is 5.38 Å². The van der Waals surface area contributed by atoms with Crippen molar-refractivity contribution in [3.8, 4) is 0 Å². The molecule has 1 saturated heterocycles. The van der Waals surface area contributed by atoms with Crippen LogP contribution in [0.4, 0.5) is 0 Å². The number of nitrogens with one attached hydrogen (secondary N) is 1. The molecule has 4 nitrogen and oxygen atoms in total. The van der Waals surface area contributed by atoms with Crippen LogP contribution >= 0.6 is 11.3 Å². The molecule has 1 unspecified atom stereocenters. The van der Waals surface area contributed by atoms with Gasteiger partial charge < -0.3 is 5.32 Å². The third kappa shape index (κ3) is 2.93. The third-order valence-electron chi connectivity index (χ3n) is 3.29. The van der Waals surface area contributed by atoms with Crippen LogP contribution < -0.4 is 5.32 Å². The summed E-state index contributed by atoms with van der Waals surface area (Å²) in [6.45, 7) is 6.31. The maximum absolute atomic E-state index is 12.5. The summed E-state index contributed by atoms with van der Waals surface area (Å²) in [7, 11) is -3.30. The number of hydrogen-bond donors (Lipinski definition) is 1. The first-order valence-corrected chi connectivity index (χ1v) is 8.61. The Bertz CT molecular complexity index is 468. The first-order valence-electron chi connectivity index (χ1n) is 6.29. The van der Waals surface area contributed by atoms with Crippen LogP contribution in [0.5, 0.6) is 0 Å². The average molecular weight is 288 g/mol. The minimum absolute atomic E-state index is 0.238. The summed E-state index contributed by atoms with van der Waals surface area (Å²) in [5.41, 5.74) is 0. The molecule has 2 rings (SSSR count). The summed E-state index contributed by atoms with van der Waals surface area (Å²) in [6, 6.07) is 3.71. The number of sulfonamides is 1. The molecule has 0 saturated carbocycles.